The maximum atomic E-state index is 12.1. The lowest BCUT2D eigenvalue weighted by atomic mass is 9.95. The van der Waals surface area contributed by atoms with Gasteiger partial charge in [-0.05, 0) is 51.1 Å². The highest BCUT2D eigenvalue weighted by molar-refractivity contribution is 5.79. The summed E-state index contributed by atoms with van der Waals surface area (Å²) in [6.45, 7) is 4.31. The molecular formula is C15H27N3O3. The minimum Gasteiger partial charge on any atom is -0.381 e. The van der Waals surface area contributed by atoms with Gasteiger partial charge < -0.3 is 15.8 Å². The van der Waals surface area contributed by atoms with Crippen molar-refractivity contribution in [1.29, 1.82) is 0 Å². The van der Waals surface area contributed by atoms with Gasteiger partial charge in [0.1, 0.15) is 0 Å². The molecule has 0 saturated carbocycles. The lowest BCUT2D eigenvalue weighted by molar-refractivity contribution is -0.126. The van der Waals surface area contributed by atoms with Gasteiger partial charge in [-0.25, -0.2) is 0 Å². The van der Waals surface area contributed by atoms with E-state index in [-0.39, 0.29) is 17.7 Å². The van der Waals surface area contributed by atoms with E-state index in [1.807, 2.05) is 4.90 Å². The van der Waals surface area contributed by atoms with E-state index < -0.39 is 0 Å². The van der Waals surface area contributed by atoms with Crippen LogP contribution in [0.5, 0.6) is 0 Å². The second-order valence-electron chi connectivity index (χ2n) is 6.18. The summed E-state index contributed by atoms with van der Waals surface area (Å²) in [5.74, 6) is 0.534. The molecule has 0 bridgehead atoms. The summed E-state index contributed by atoms with van der Waals surface area (Å²) in [6.07, 6.45) is 4.97. The molecule has 2 fully saturated rings. The van der Waals surface area contributed by atoms with Crippen molar-refractivity contribution in [1.82, 2.24) is 10.2 Å². The molecule has 6 nitrogen and oxygen atoms in total. The smallest absolute Gasteiger partial charge is 0.231 e. The van der Waals surface area contributed by atoms with Crippen molar-refractivity contribution in [2.45, 2.75) is 32.1 Å². The number of nitrogens with one attached hydrogen (secondary N) is 1. The third kappa shape index (κ3) is 5.63. The fraction of sp³-hybridized carbons (Fsp3) is 0.867. The molecule has 3 N–H and O–H groups in total. The minimum atomic E-state index is -0.299. The first-order chi connectivity index (χ1) is 10.1. The Bertz CT molecular complexity index is 348. The number of carbonyl (C=O) groups is 2. The number of rotatable bonds is 6. The molecule has 2 amide bonds. The first-order valence-corrected chi connectivity index (χ1v) is 8.01. The second kappa shape index (κ2) is 8.34. The highest BCUT2D eigenvalue weighted by Crippen LogP contribution is 2.18. The largest absolute Gasteiger partial charge is 0.381 e. The Morgan fingerprint density at radius 3 is 2.62 bits per heavy atom. The van der Waals surface area contributed by atoms with Gasteiger partial charge in [0.15, 0.2) is 0 Å². The number of ether oxygens (including phenoxy) is 1. The number of nitrogens with zero attached hydrogens (tertiary/aromatic N) is 1. The molecule has 6 heteroatoms. The fourth-order valence-corrected chi connectivity index (χ4v) is 3.15. The normalized spacial score (nSPS) is 24.7. The Balaban J connectivity index is 1.59. The lowest BCUT2D eigenvalue weighted by Gasteiger charge is -2.30. The molecule has 2 aliphatic heterocycles. The van der Waals surface area contributed by atoms with Crippen LogP contribution < -0.4 is 11.1 Å². The van der Waals surface area contributed by atoms with Crippen molar-refractivity contribution in [3.05, 3.63) is 0 Å². The number of piperidine rings is 1. The van der Waals surface area contributed by atoms with Crippen LogP contribution >= 0.6 is 0 Å². The molecule has 0 radical (unpaired) electrons. The third-order valence-electron chi connectivity index (χ3n) is 4.44. The van der Waals surface area contributed by atoms with Crippen LogP contribution in [0.1, 0.15) is 32.1 Å². The van der Waals surface area contributed by atoms with Crippen molar-refractivity contribution in [3.8, 4) is 0 Å². The van der Waals surface area contributed by atoms with E-state index in [1.54, 1.807) is 0 Å². The van der Waals surface area contributed by atoms with E-state index in [2.05, 4.69) is 5.32 Å². The van der Waals surface area contributed by atoms with Crippen molar-refractivity contribution in [2.75, 3.05) is 39.4 Å². The molecule has 2 rings (SSSR count). The molecule has 0 aromatic heterocycles. The molecule has 0 aromatic carbocycles. The van der Waals surface area contributed by atoms with Gasteiger partial charge >= 0.3 is 0 Å². The summed E-state index contributed by atoms with van der Waals surface area (Å²) in [4.78, 5) is 25.0. The zero-order valence-electron chi connectivity index (χ0n) is 12.7. The summed E-state index contributed by atoms with van der Waals surface area (Å²) >= 11 is 0. The van der Waals surface area contributed by atoms with Crippen molar-refractivity contribution in [3.63, 3.8) is 0 Å². The number of carbonyl (C=O) groups excluding carboxylic acids is 2. The third-order valence-corrected chi connectivity index (χ3v) is 4.44. The van der Waals surface area contributed by atoms with Gasteiger partial charge in [-0.1, -0.05) is 0 Å². The zero-order chi connectivity index (χ0) is 15.1. The van der Waals surface area contributed by atoms with Gasteiger partial charge in [0, 0.05) is 25.7 Å². The van der Waals surface area contributed by atoms with Gasteiger partial charge in [-0.3, -0.25) is 14.5 Å². The average molecular weight is 297 g/mol. The number of amides is 2. The van der Waals surface area contributed by atoms with E-state index in [9.17, 15) is 9.59 Å². The molecule has 120 valence electrons. The molecule has 0 aliphatic carbocycles. The van der Waals surface area contributed by atoms with Crippen LogP contribution in [0.15, 0.2) is 0 Å². The first-order valence-electron chi connectivity index (χ1n) is 8.01. The summed E-state index contributed by atoms with van der Waals surface area (Å²) in [7, 11) is 0. The SMILES string of the molecule is NC(=O)CN1CCC(C(=O)NCCC2CCCOC2)CC1. The Morgan fingerprint density at radius 1 is 1.24 bits per heavy atom. The van der Waals surface area contributed by atoms with Gasteiger partial charge in [0.2, 0.25) is 11.8 Å². The number of likely N-dealkylation sites (tertiary alicyclic amines) is 1. The molecular weight excluding hydrogens is 270 g/mol. The summed E-state index contributed by atoms with van der Waals surface area (Å²) in [5.41, 5.74) is 5.18. The van der Waals surface area contributed by atoms with Gasteiger partial charge in [-0.15, -0.1) is 0 Å². The number of hydrogen-bond acceptors (Lipinski definition) is 4. The second-order valence-corrected chi connectivity index (χ2v) is 6.18. The van der Waals surface area contributed by atoms with E-state index in [0.29, 0.717) is 12.5 Å². The van der Waals surface area contributed by atoms with Crippen molar-refractivity contribution < 1.29 is 14.3 Å². The molecule has 21 heavy (non-hydrogen) atoms. The van der Waals surface area contributed by atoms with E-state index in [0.717, 1.165) is 58.5 Å². The highest BCUT2D eigenvalue weighted by Gasteiger charge is 2.25. The Hall–Kier alpha value is -1.14. The highest BCUT2D eigenvalue weighted by atomic mass is 16.5. The molecule has 2 saturated heterocycles. The number of nitrogens with two attached hydrogens (primary N) is 1. The Labute approximate surface area is 126 Å². The predicted octanol–water partition coefficient (Wildman–Crippen LogP) is 0.117. The summed E-state index contributed by atoms with van der Waals surface area (Å²) in [6, 6.07) is 0. The van der Waals surface area contributed by atoms with E-state index >= 15 is 0 Å². The van der Waals surface area contributed by atoms with Crippen LogP contribution in [0.4, 0.5) is 0 Å². The van der Waals surface area contributed by atoms with Crippen LogP contribution in [-0.4, -0.2) is 56.1 Å². The first kappa shape index (κ1) is 16.2. The maximum absolute atomic E-state index is 12.1. The van der Waals surface area contributed by atoms with Gasteiger partial charge in [0.25, 0.3) is 0 Å². The Kier molecular flexibility index (Phi) is 6.45. The van der Waals surface area contributed by atoms with Gasteiger partial charge in [0.05, 0.1) is 6.54 Å². The molecule has 1 atom stereocenters. The molecule has 0 aromatic rings. The quantitative estimate of drug-likeness (QED) is 0.729. The van der Waals surface area contributed by atoms with Crippen LogP contribution in [0.3, 0.4) is 0 Å². The van der Waals surface area contributed by atoms with Crippen LogP contribution in [0.25, 0.3) is 0 Å². The standard InChI is InChI=1S/C15H27N3O3/c16-14(19)10-18-7-4-13(5-8-18)15(20)17-6-3-12-2-1-9-21-11-12/h12-13H,1-11H2,(H2,16,19)(H,17,20). The fourth-order valence-electron chi connectivity index (χ4n) is 3.15. The predicted molar refractivity (Wildman–Crippen MR) is 79.5 cm³/mol. The minimum absolute atomic E-state index is 0.0803. The zero-order valence-corrected chi connectivity index (χ0v) is 12.7. The molecule has 2 aliphatic rings. The summed E-state index contributed by atoms with van der Waals surface area (Å²) < 4.78 is 5.44. The van der Waals surface area contributed by atoms with Crippen LogP contribution in [-0.2, 0) is 14.3 Å². The van der Waals surface area contributed by atoms with Crippen molar-refractivity contribution >= 4 is 11.8 Å². The average Bonchev–Trinajstić information content (AvgIpc) is 2.48. The number of primary amides is 1. The van der Waals surface area contributed by atoms with Crippen molar-refractivity contribution in [2.24, 2.45) is 17.6 Å². The monoisotopic (exact) mass is 297 g/mol. The Morgan fingerprint density at radius 2 is 2.00 bits per heavy atom. The van der Waals surface area contributed by atoms with E-state index in [1.165, 1.54) is 6.42 Å². The molecule has 0 spiro atoms. The maximum Gasteiger partial charge on any atom is 0.231 e. The molecule has 1 unspecified atom stereocenters. The van der Waals surface area contributed by atoms with Crippen LogP contribution in [0.2, 0.25) is 0 Å². The van der Waals surface area contributed by atoms with Gasteiger partial charge in [-0.2, -0.15) is 0 Å². The van der Waals surface area contributed by atoms with E-state index in [4.69, 9.17) is 10.5 Å². The molecule has 2 heterocycles. The summed E-state index contributed by atoms with van der Waals surface area (Å²) in [5, 5.41) is 3.05. The lowest BCUT2D eigenvalue weighted by Crippen LogP contribution is -2.43. The topological polar surface area (TPSA) is 84.7 Å². The van der Waals surface area contributed by atoms with Crippen LogP contribution in [0, 0.1) is 11.8 Å². The number of hydrogen-bond donors (Lipinski definition) is 2.